The fourth-order valence-electron chi connectivity index (χ4n) is 1.94. The van der Waals surface area contributed by atoms with Crippen molar-refractivity contribution in [1.82, 2.24) is 9.99 Å². The Hall–Kier alpha value is -1.46. The van der Waals surface area contributed by atoms with E-state index < -0.39 is 0 Å². The van der Waals surface area contributed by atoms with Gasteiger partial charge in [0.1, 0.15) is 5.01 Å². The van der Waals surface area contributed by atoms with E-state index in [2.05, 4.69) is 21.2 Å². The smallest absolute Gasteiger partial charge is 0.140 e. The van der Waals surface area contributed by atoms with Crippen molar-refractivity contribution in [3.63, 3.8) is 0 Å². The fourth-order valence-corrected chi connectivity index (χ4v) is 2.84. The summed E-state index contributed by atoms with van der Waals surface area (Å²) in [7, 11) is 0. The van der Waals surface area contributed by atoms with Crippen LogP contribution in [-0.4, -0.2) is 42.0 Å². The van der Waals surface area contributed by atoms with Gasteiger partial charge in [-0.2, -0.15) is 5.10 Å². The standard InChI is InChI=1S/C13H15N3OS/c1-10(15-16-6-8-17-9-7-16)13-14-11-4-2-3-5-12(11)18-13/h2-5H,6-9H2,1H3/b15-10-. The molecule has 1 aliphatic rings. The number of ether oxygens (including phenoxy) is 1. The topological polar surface area (TPSA) is 37.7 Å². The molecule has 18 heavy (non-hydrogen) atoms. The zero-order valence-corrected chi connectivity index (χ0v) is 11.1. The van der Waals surface area contributed by atoms with Gasteiger partial charge in [-0.1, -0.05) is 12.1 Å². The number of hydrogen-bond donors (Lipinski definition) is 0. The third-order valence-corrected chi connectivity index (χ3v) is 4.03. The van der Waals surface area contributed by atoms with Crippen LogP contribution in [0.25, 0.3) is 10.2 Å². The molecule has 94 valence electrons. The van der Waals surface area contributed by atoms with Gasteiger partial charge in [-0.3, -0.25) is 5.01 Å². The quantitative estimate of drug-likeness (QED) is 0.779. The van der Waals surface area contributed by atoms with Crippen LogP contribution in [0.2, 0.25) is 0 Å². The van der Waals surface area contributed by atoms with Crippen LogP contribution >= 0.6 is 11.3 Å². The number of benzene rings is 1. The van der Waals surface area contributed by atoms with Gasteiger partial charge in [-0.25, -0.2) is 4.98 Å². The van der Waals surface area contributed by atoms with Crippen LogP contribution in [0.5, 0.6) is 0 Å². The molecule has 2 heterocycles. The molecule has 3 rings (SSSR count). The predicted octanol–water partition coefficient (Wildman–Crippen LogP) is 2.35. The van der Waals surface area contributed by atoms with E-state index in [1.54, 1.807) is 11.3 Å². The van der Waals surface area contributed by atoms with Crippen LogP contribution in [0.4, 0.5) is 0 Å². The van der Waals surface area contributed by atoms with E-state index in [-0.39, 0.29) is 0 Å². The van der Waals surface area contributed by atoms with Gasteiger partial charge in [0.25, 0.3) is 0 Å². The Morgan fingerprint density at radius 1 is 1.33 bits per heavy atom. The molecular weight excluding hydrogens is 246 g/mol. The minimum atomic E-state index is 0.761. The van der Waals surface area contributed by atoms with Crippen molar-refractivity contribution in [3.05, 3.63) is 29.3 Å². The predicted molar refractivity (Wildman–Crippen MR) is 74.2 cm³/mol. The number of thiazole rings is 1. The first kappa shape index (κ1) is 11.6. The number of morpholine rings is 1. The third kappa shape index (κ3) is 2.37. The van der Waals surface area contributed by atoms with Crippen molar-refractivity contribution in [1.29, 1.82) is 0 Å². The maximum Gasteiger partial charge on any atom is 0.140 e. The SMILES string of the molecule is C/C(=N/N1CCOCC1)c1nc2ccccc2s1. The lowest BCUT2D eigenvalue weighted by atomic mass is 10.3. The molecular formula is C13H15N3OS. The molecule has 5 heteroatoms. The first-order valence-corrected chi connectivity index (χ1v) is 6.88. The van der Waals surface area contributed by atoms with Gasteiger partial charge in [-0.15, -0.1) is 11.3 Å². The van der Waals surface area contributed by atoms with Crippen molar-refractivity contribution < 1.29 is 4.74 Å². The molecule has 1 fully saturated rings. The van der Waals surface area contributed by atoms with Crippen molar-refractivity contribution in [2.75, 3.05) is 26.3 Å². The van der Waals surface area contributed by atoms with E-state index in [0.717, 1.165) is 42.5 Å². The number of fused-ring (bicyclic) bond motifs is 1. The fraction of sp³-hybridized carbons (Fsp3) is 0.385. The number of hydrazone groups is 1. The lowest BCUT2D eigenvalue weighted by Crippen LogP contribution is -2.33. The van der Waals surface area contributed by atoms with Gasteiger partial charge in [0, 0.05) is 0 Å². The second kappa shape index (κ2) is 5.04. The van der Waals surface area contributed by atoms with Crippen molar-refractivity contribution in [2.45, 2.75) is 6.92 Å². The number of aromatic nitrogens is 1. The summed E-state index contributed by atoms with van der Waals surface area (Å²) in [6, 6.07) is 8.19. The largest absolute Gasteiger partial charge is 0.378 e. The summed E-state index contributed by atoms with van der Waals surface area (Å²) in [5, 5.41) is 7.68. The van der Waals surface area contributed by atoms with Gasteiger partial charge >= 0.3 is 0 Å². The zero-order chi connectivity index (χ0) is 12.4. The van der Waals surface area contributed by atoms with Crippen LogP contribution < -0.4 is 0 Å². The summed E-state index contributed by atoms with van der Waals surface area (Å²) in [4.78, 5) is 4.61. The highest BCUT2D eigenvalue weighted by molar-refractivity contribution is 7.20. The van der Waals surface area contributed by atoms with E-state index in [9.17, 15) is 0 Å². The van der Waals surface area contributed by atoms with Crippen LogP contribution in [-0.2, 0) is 4.74 Å². The molecule has 4 nitrogen and oxygen atoms in total. The first-order valence-electron chi connectivity index (χ1n) is 6.07. The lowest BCUT2D eigenvalue weighted by molar-refractivity contribution is 0.0393. The first-order chi connectivity index (χ1) is 8.83. The molecule has 0 N–H and O–H groups in total. The Morgan fingerprint density at radius 3 is 2.89 bits per heavy atom. The van der Waals surface area contributed by atoms with E-state index in [0.29, 0.717) is 0 Å². The summed E-state index contributed by atoms with van der Waals surface area (Å²) in [5.41, 5.74) is 2.03. The molecule has 2 aromatic rings. The van der Waals surface area contributed by atoms with Crippen LogP contribution in [0.15, 0.2) is 29.4 Å². The average molecular weight is 261 g/mol. The zero-order valence-electron chi connectivity index (χ0n) is 10.3. The Bertz CT molecular complexity index is 539. The summed E-state index contributed by atoms with van der Waals surface area (Å²) in [6.45, 7) is 5.27. The van der Waals surface area contributed by atoms with Crippen LogP contribution in [0.1, 0.15) is 11.9 Å². The third-order valence-electron chi connectivity index (χ3n) is 2.88. The highest BCUT2D eigenvalue weighted by Crippen LogP contribution is 2.22. The van der Waals surface area contributed by atoms with Gasteiger partial charge in [0.15, 0.2) is 0 Å². The highest BCUT2D eigenvalue weighted by Gasteiger charge is 2.11. The monoisotopic (exact) mass is 261 g/mol. The van der Waals surface area contributed by atoms with E-state index >= 15 is 0 Å². The maximum atomic E-state index is 5.31. The molecule has 0 amide bonds. The minimum absolute atomic E-state index is 0.761. The minimum Gasteiger partial charge on any atom is -0.378 e. The Morgan fingerprint density at radius 2 is 2.11 bits per heavy atom. The van der Waals surface area contributed by atoms with Crippen LogP contribution in [0.3, 0.4) is 0 Å². The van der Waals surface area contributed by atoms with E-state index in [1.165, 1.54) is 4.70 Å². The Kier molecular flexibility index (Phi) is 3.25. The second-order valence-corrected chi connectivity index (χ2v) is 5.27. The molecule has 0 radical (unpaired) electrons. The normalized spacial score (nSPS) is 17.4. The number of rotatable bonds is 2. The van der Waals surface area contributed by atoms with Crippen molar-refractivity contribution in [3.8, 4) is 0 Å². The molecule has 0 saturated carbocycles. The number of hydrogen-bond acceptors (Lipinski definition) is 5. The van der Waals surface area contributed by atoms with E-state index in [1.807, 2.05) is 25.1 Å². The molecule has 0 aliphatic carbocycles. The van der Waals surface area contributed by atoms with Gasteiger partial charge < -0.3 is 4.74 Å². The molecule has 0 unspecified atom stereocenters. The van der Waals surface area contributed by atoms with Gasteiger partial charge in [0.2, 0.25) is 0 Å². The second-order valence-electron chi connectivity index (χ2n) is 4.24. The average Bonchev–Trinajstić information content (AvgIpc) is 2.84. The van der Waals surface area contributed by atoms with Crippen LogP contribution in [0, 0.1) is 0 Å². The molecule has 1 aromatic carbocycles. The maximum absolute atomic E-state index is 5.31. The molecule has 1 aliphatic heterocycles. The summed E-state index contributed by atoms with van der Waals surface area (Å²) < 4.78 is 6.52. The van der Waals surface area contributed by atoms with E-state index in [4.69, 9.17) is 4.74 Å². The van der Waals surface area contributed by atoms with Crippen molar-refractivity contribution in [2.24, 2.45) is 5.10 Å². The lowest BCUT2D eigenvalue weighted by Gasteiger charge is -2.24. The summed E-state index contributed by atoms with van der Waals surface area (Å²) in [5.74, 6) is 0. The highest BCUT2D eigenvalue weighted by atomic mass is 32.1. The Labute approximate surface area is 110 Å². The molecule has 0 bridgehead atoms. The number of nitrogens with zero attached hydrogens (tertiary/aromatic N) is 3. The summed E-state index contributed by atoms with van der Waals surface area (Å²) >= 11 is 1.69. The van der Waals surface area contributed by atoms with Gasteiger partial charge in [0.05, 0.1) is 42.2 Å². The Balaban J connectivity index is 1.86. The molecule has 1 aromatic heterocycles. The molecule has 1 saturated heterocycles. The van der Waals surface area contributed by atoms with Gasteiger partial charge in [-0.05, 0) is 19.1 Å². The molecule has 0 spiro atoms. The molecule has 0 atom stereocenters. The summed E-state index contributed by atoms with van der Waals surface area (Å²) in [6.07, 6.45) is 0. The number of para-hydroxylation sites is 1. The van der Waals surface area contributed by atoms with Crippen molar-refractivity contribution >= 4 is 27.3 Å².